The molecule has 1 aromatic rings. The van der Waals surface area contributed by atoms with E-state index in [2.05, 4.69) is 40.2 Å². The molecule has 1 heterocycles. The Morgan fingerprint density at radius 3 is 2.00 bits per heavy atom. The molecule has 0 aliphatic heterocycles. The summed E-state index contributed by atoms with van der Waals surface area (Å²) in [6, 6.07) is 0. The number of hydrogen-bond donors (Lipinski definition) is 0. The Labute approximate surface area is 66.9 Å². The molecule has 48 valence electrons. The van der Waals surface area contributed by atoms with Crippen LogP contribution in [0.2, 0.25) is 0 Å². The van der Waals surface area contributed by atoms with E-state index in [0.29, 0.717) is 0 Å². The fourth-order valence-electron chi connectivity index (χ4n) is 0.656. The van der Waals surface area contributed by atoms with Crippen LogP contribution in [0.5, 0.6) is 0 Å². The van der Waals surface area contributed by atoms with Gasteiger partial charge in [-0.2, -0.15) is 0 Å². The van der Waals surface area contributed by atoms with Gasteiger partial charge < -0.3 is 0 Å². The number of hydrogen-bond acceptors (Lipinski definition) is 1. The van der Waals surface area contributed by atoms with Gasteiger partial charge in [-0.05, 0) is 0 Å². The molecule has 1 aromatic heterocycles. The van der Waals surface area contributed by atoms with Crippen molar-refractivity contribution in [2.24, 2.45) is 0 Å². The zero-order valence-corrected chi connectivity index (χ0v) is 8.00. The zero-order valence-electron chi connectivity index (χ0n) is 5.47. The monoisotopic (exact) mass is 204 g/mol. The van der Waals surface area contributed by atoms with Gasteiger partial charge in [0.2, 0.25) is 0 Å². The molecule has 0 nitrogen and oxygen atoms in total. The third-order valence-corrected chi connectivity index (χ3v) is 3.54. The van der Waals surface area contributed by atoms with Crippen molar-refractivity contribution in [3.05, 3.63) is 26.0 Å². The zero-order chi connectivity index (χ0) is 6.85. The van der Waals surface area contributed by atoms with Gasteiger partial charge in [0, 0.05) is 0 Å². The second kappa shape index (κ2) is 2.78. The van der Waals surface area contributed by atoms with Crippen LogP contribution in [0.4, 0.5) is 0 Å². The molecule has 2 heteroatoms. The summed E-state index contributed by atoms with van der Waals surface area (Å²) >= 11 is 4.80. The van der Waals surface area contributed by atoms with E-state index >= 15 is 0 Å². The summed E-state index contributed by atoms with van der Waals surface area (Å²) in [5.41, 5.74) is 2.69. The minimum atomic E-state index is 1.30. The third kappa shape index (κ3) is 1.51. The van der Waals surface area contributed by atoms with Gasteiger partial charge in [0.05, 0.1) is 0 Å². The molecule has 0 saturated heterocycles. The van der Waals surface area contributed by atoms with Crippen LogP contribution >= 0.6 is 11.3 Å². The van der Waals surface area contributed by atoms with Crippen LogP contribution in [0.1, 0.15) is 11.1 Å². The first-order valence-corrected chi connectivity index (χ1v) is 4.55. The van der Waals surface area contributed by atoms with E-state index in [0.717, 1.165) is 0 Å². The summed E-state index contributed by atoms with van der Waals surface area (Å²) in [6.07, 6.45) is 0. The maximum absolute atomic E-state index is 3.05. The van der Waals surface area contributed by atoms with Crippen molar-refractivity contribution in [1.82, 2.24) is 0 Å². The van der Waals surface area contributed by atoms with Gasteiger partial charge in [0.15, 0.2) is 0 Å². The molecular weight excluding hydrogens is 195 g/mol. The van der Waals surface area contributed by atoms with E-state index in [1.165, 1.54) is 15.2 Å². The SMILES string of the molecule is Cc1cscc(C)c1=[Se]. The topological polar surface area (TPSA) is 0 Å². The Kier molecular flexibility index (Phi) is 2.23. The van der Waals surface area contributed by atoms with Gasteiger partial charge in [0.25, 0.3) is 0 Å². The Balaban J connectivity index is 3.43. The summed E-state index contributed by atoms with van der Waals surface area (Å²) in [6.45, 7) is 4.24. The maximum atomic E-state index is 3.05. The molecule has 0 aliphatic rings. The van der Waals surface area contributed by atoms with Gasteiger partial charge in [-0.25, -0.2) is 0 Å². The average molecular weight is 203 g/mol. The van der Waals surface area contributed by atoms with Crippen LogP contribution in [0.3, 0.4) is 0 Å². The summed E-state index contributed by atoms with van der Waals surface area (Å²) in [5.74, 6) is 0. The Hall–Kier alpha value is 0.0895. The molecule has 0 N–H and O–H groups in total. The van der Waals surface area contributed by atoms with E-state index in [9.17, 15) is 0 Å². The first-order valence-electron chi connectivity index (χ1n) is 2.75. The van der Waals surface area contributed by atoms with Crippen molar-refractivity contribution in [2.45, 2.75) is 13.8 Å². The molecule has 0 atom stereocenters. The summed E-state index contributed by atoms with van der Waals surface area (Å²) in [4.78, 5) is 0. The van der Waals surface area contributed by atoms with E-state index in [-0.39, 0.29) is 0 Å². The molecule has 9 heavy (non-hydrogen) atoms. The van der Waals surface area contributed by atoms with Crippen LogP contribution in [0.15, 0.2) is 10.8 Å². The van der Waals surface area contributed by atoms with Gasteiger partial charge in [-0.15, -0.1) is 0 Å². The van der Waals surface area contributed by atoms with Gasteiger partial charge in [-0.3, -0.25) is 0 Å². The molecular formula is C7H8SSe. The number of rotatable bonds is 0. The molecule has 1 rings (SSSR count). The molecule has 0 spiro atoms. The summed E-state index contributed by atoms with van der Waals surface area (Å²) < 4.78 is 1.30. The fraction of sp³-hybridized carbons (Fsp3) is 0.286. The molecule has 0 saturated carbocycles. The average Bonchev–Trinajstić information content (AvgIpc) is 1.83. The van der Waals surface area contributed by atoms with Gasteiger partial charge >= 0.3 is 66.7 Å². The third-order valence-electron chi connectivity index (χ3n) is 1.21. The quantitative estimate of drug-likeness (QED) is 0.566. The van der Waals surface area contributed by atoms with Gasteiger partial charge in [0.1, 0.15) is 0 Å². The standard InChI is InChI=1S/C7H8SSe/c1-5-3-8-4-6(2)7(5)9/h3-4H,1-2H3. The van der Waals surface area contributed by atoms with Crippen molar-refractivity contribution >= 4 is 26.9 Å². The predicted molar refractivity (Wildman–Crippen MR) is 42.8 cm³/mol. The molecule has 0 amide bonds. The predicted octanol–water partition coefficient (Wildman–Crippen LogP) is 2.07. The normalized spacial score (nSPS) is 9.56. The molecule has 0 bridgehead atoms. The molecule has 0 aromatic carbocycles. The van der Waals surface area contributed by atoms with Crippen molar-refractivity contribution in [1.29, 1.82) is 0 Å². The second-order valence-corrected chi connectivity index (χ2v) is 3.67. The fourth-order valence-corrected chi connectivity index (χ4v) is 1.95. The molecule has 0 aliphatic carbocycles. The van der Waals surface area contributed by atoms with Crippen molar-refractivity contribution in [3.8, 4) is 0 Å². The number of aryl methyl sites for hydroxylation is 2. The molecule has 0 radical (unpaired) electrons. The first-order chi connectivity index (χ1) is 4.22. The molecule has 0 fully saturated rings. The summed E-state index contributed by atoms with van der Waals surface area (Å²) in [5, 5.41) is 4.30. The van der Waals surface area contributed by atoms with Crippen LogP contribution in [-0.4, -0.2) is 15.6 Å². The first kappa shape index (κ1) is 7.20. The van der Waals surface area contributed by atoms with Crippen LogP contribution in [0.25, 0.3) is 0 Å². The van der Waals surface area contributed by atoms with Crippen molar-refractivity contribution in [2.75, 3.05) is 0 Å². The van der Waals surface area contributed by atoms with Crippen LogP contribution in [0, 0.1) is 17.9 Å². The van der Waals surface area contributed by atoms with E-state index in [1.807, 2.05) is 0 Å². The summed E-state index contributed by atoms with van der Waals surface area (Å²) in [7, 11) is 0. The molecule has 0 unspecified atom stereocenters. The van der Waals surface area contributed by atoms with E-state index in [4.69, 9.17) is 0 Å². The van der Waals surface area contributed by atoms with Crippen molar-refractivity contribution < 1.29 is 0 Å². The van der Waals surface area contributed by atoms with Gasteiger partial charge in [-0.1, -0.05) is 0 Å². The van der Waals surface area contributed by atoms with Crippen molar-refractivity contribution in [3.63, 3.8) is 0 Å². The van der Waals surface area contributed by atoms with Crippen LogP contribution in [-0.2, 0) is 0 Å². The van der Waals surface area contributed by atoms with E-state index < -0.39 is 0 Å². The second-order valence-electron chi connectivity index (χ2n) is 2.07. The van der Waals surface area contributed by atoms with Crippen LogP contribution < -0.4 is 0 Å². The Morgan fingerprint density at radius 2 is 1.67 bits per heavy atom. The minimum absolute atomic E-state index is 1.30. The van der Waals surface area contributed by atoms with E-state index in [1.54, 1.807) is 11.3 Å². The Morgan fingerprint density at radius 1 is 1.22 bits per heavy atom. The Bertz CT molecular complexity index is 239.